The second-order valence-electron chi connectivity index (χ2n) is 23.8. The highest BCUT2D eigenvalue weighted by Gasteiger charge is 2.27. The first-order valence-corrected chi connectivity index (χ1v) is 35.5. The fourth-order valence-electron chi connectivity index (χ4n) is 9.45. The summed E-state index contributed by atoms with van der Waals surface area (Å²) in [6, 6.07) is 0. The van der Waals surface area contributed by atoms with E-state index in [-0.39, 0.29) is 32.0 Å². The van der Waals surface area contributed by atoms with Crippen LogP contribution in [0.15, 0.2) is 97.2 Å². The van der Waals surface area contributed by atoms with Crippen LogP contribution in [0.4, 0.5) is 0 Å². The van der Waals surface area contributed by atoms with E-state index in [4.69, 9.17) is 18.5 Å². The zero-order valence-electron chi connectivity index (χ0n) is 54.0. The van der Waals surface area contributed by atoms with Crippen molar-refractivity contribution in [3.63, 3.8) is 0 Å². The average Bonchev–Trinajstić information content (AvgIpc) is 3.46. The zero-order chi connectivity index (χ0) is 59.8. The van der Waals surface area contributed by atoms with Gasteiger partial charge in [0.05, 0.1) is 27.7 Å². The van der Waals surface area contributed by atoms with Crippen molar-refractivity contribution in [1.29, 1.82) is 0 Å². The highest BCUT2D eigenvalue weighted by Crippen LogP contribution is 2.43. The molecule has 2 unspecified atom stereocenters. The molecule has 0 saturated heterocycles. The number of allylic oxidation sites excluding steroid dienone is 16. The summed E-state index contributed by atoms with van der Waals surface area (Å²) in [7, 11) is 1.47. The van der Waals surface area contributed by atoms with Gasteiger partial charge in [0.1, 0.15) is 19.8 Å². The lowest BCUT2D eigenvalue weighted by Gasteiger charge is -2.24. The Balaban J connectivity index is 4.11. The minimum absolute atomic E-state index is 0.0272. The van der Waals surface area contributed by atoms with Gasteiger partial charge in [-0.3, -0.25) is 18.6 Å². The number of hydrogen-bond donors (Lipinski definition) is 1. The van der Waals surface area contributed by atoms with Crippen LogP contribution in [0.3, 0.4) is 0 Å². The number of phosphoric acid groups is 1. The number of ether oxygens (including phenoxy) is 2. The van der Waals surface area contributed by atoms with E-state index in [1.54, 1.807) is 0 Å². The third-order valence-electron chi connectivity index (χ3n) is 14.6. The van der Waals surface area contributed by atoms with Crippen LogP contribution in [0.5, 0.6) is 0 Å². The first kappa shape index (κ1) is 78.9. The van der Waals surface area contributed by atoms with Crippen molar-refractivity contribution in [3.8, 4) is 0 Å². The molecule has 0 aliphatic heterocycles. The molecule has 0 saturated carbocycles. The van der Waals surface area contributed by atoms with Gasteiger partial charge in [0, 0.05) is 12.8 Å². The van der Waals surface area contributed by atoms with Crippen LogP contribution in [0.2, 0.25) is 0 Å². The normalized spacial score (nSPS) is 13.8. The maximum atomic E-state index is 12.9. The van der Waals surface area contributed by atoms with Crippen LogP contribution in [-0.4, -0.2) is 74.9 Å². The number of phosphoric ester groups is 1. The van der Waals surface area contributed by atoms with Gasteiger partial charge in [-0.25, -0.2) is 4.57 Å². The SMILES string of the molecule is CC/C=C\C/C=C\C/C=C\C/C=C\C/C=C\C/C=C\C/C=C\C/C=C\CCCCCCCCCCC(=O)OC(COC(=O)CCCCCCCCCCCCCCCCCCCCCCCCCCC)COP(=O)(O)OCC[N+](C)(C)C. The second kappa shape index (κ2) is 62.5. The predicted molar refractivity (Wildman–Crippen MR) is 353 cm³/mol. The van der Waals surface area contributed by atoms with Crippen molar-refractivity contribution in [2.45, 2.75) is 302 Å². The van der Waals surface area contributed by atoms with Crippen molar-refractivity contribution >= 4 is 19.8 Å². The summed E-state index contributed by atoms with van der Waals surface area (Å²) < 4.78 is 34.7. The molecule has 1 N–H and O–H groups in total. The number of likely N-dealkylation sites (N-methyl/N-ethyl adjacent to an activating group) is 1. The first-order valence-electron chi connectivity index (χ1n) is 34.0. The van der Waals surface area contributed by atoms with Crippen LogP contribution in [-0.2, 0) is 32.7 Å². The molecule has 0 radical (unpaired) electrons. The van der Waals surface area contributed by atoms with Crippen LogP contribution in [0.25, 0.3) is 0 Å². The minimum Gasteiger partial charge on any atom is -0.462 e. The number of carbonyl (C=O) groups is 2. The number of esters is 2. The van der Waals surface area contributed by atoms with E-state index in [1.807, 2.05) is 21.1 Å². The summed E-state index contributed by atoms with van der Waals surface area (Å²) in [4.78, 5) is 35.8. The van der Waals surface area contributed by atoms with Crippen LogP contribution in [0, 0.1) is 0 Å². The van der Waals surface area contributed by atoms with E-state index in [0.717, 1.165) is 96.3 Å². The van der Waals surface area contributed by atoms with Crippen molar-refractivity contribution < 1.29 is 42.1 Å². The minimum atomic E-state index is -4.40. The molecule has 0 aliphatic carbocycles. The molecule has 0 aliphatic rings. The molecule has 2 atom stereocenters. The standard InChI is InChI=1S/C72H128NO8P/c1-6-8-10-12-14-16-18-20-22-24-26-28-30-32-33-34-35-36-37-38-39-41-43-45-47-49-51-53-55-57-59-61-63-65-72(75)81-70(69-80-82(76,77)79-67-66-73(3,4)5)68-78-71(74)64-62-60-58-56-54-52-50-48-46-44-42-40-31-29-27-25-23-21-19-17-15-13-11-9-7-2/h8,10,14,16,20,22,26,28,32-33,35-36,38-39,43,45,70H,6-7,9,11-13,15,17-19,21,23-25,27,29-31,34,37,40-42,44,46-69H2,1-5H3/p+1/b10-8-,16-14-,22-20-,28-26-,33-32-,36-35-,39-38-,45-43-. The number of hydrogen-bond acceptors (Lipinski definition) is 7. The molecule has 0 heterocycles. The Morgan fingerprint density at radius 3 is 1.04 bits per heavy atom. The number of quaternary nitrogens is 1. The van der Waals surface area contributed by atoms with E-state index >= 15 is 0 Å². The number of unbranched alkanes of at least 4 members (excludes halogenated alkanes) is 32. The van der Waals surface area contributed by atoms with Crippen molar-refractivity contribution in [2.75, 3.05) is 47.5 Å². The Morgan fingerprint density at radius 1 is 0.390 bits per heavy atom. The summed E-state index contributed by atoms with van der Waals surface area (Å²) in [6.07, 6.45) is 86.4. The van der Waals surface area contributed by atoms with Crippen LogP contribution >= 0.6 is 7.82 Å². The Morgan fingerprint density at radius 2 is 0.695 bits per heavy atom. The Labute approximate surface area is 506 Å². The lowest BCUT2D eigenvalue weighted by Crippen LogP contribution is -2.37. The topological polar surface area (TPSA) is 108 Å². The molecular weight excluding hydrogens is 1040 g/mol. The Hall–Kier alpha value is -3.07. The summed E-state index contributed by atoms with van der Waals surface area (Å²) in [5, 5.41) is 0. The lowest BCUT2D eigenvalue weighted by atomic mass is 10.0. The van der Waals surface area contributed by atoms with E-state index in [9.17, 15) is 19.0 Å². The molecule has 0 aromatic rings. The van der Waals surface area contributed by atoms with Gasteiger partial charge >= 0.3 is 19.8 Å². The Bertz CT molecular complexity index is 1710. The Kier molecular flexibility index (Phi) is 60.1. The van der Waals surface area contributed by atoms with Crippen molar-refractivity contribution in [1.82, 2.24) is 0 Å². The third-order valence-corrected chi connectivity index (χ3v) is 15.6. The highest BCUT2D eigenvalue weighted by atomic mass is 31.2. The monoisotopic (exact) mass is 1170 g/mol. The third kappa shape index (κ3) is 66.1. The van der Waals surface area contributed by atoms with E-state index in [2.05, 4.69) is 111 Å². The van der Waals surface area contributed by atoms with E-state index in [1.165, 1.54) is 167 Å². The van der Waals surface area contributed by atoms with Gasteiger partial charge in [-0.15, -0.1) is 0 Å². The molecule has 0 aromatic carbocycles. The van der Waals surface area contributed by atoms with Gasteiger partial charge in [-0.2, -0.15) is 0 Å². The summed E-state index contributed by atoms with van der Waals surface area (Å²) in [5.74, 6) is -0.800. The maximum absolute atomic E-state index is 12.9. The fourth-order valence-corrected chi connectivity index (χ4v) is 10.2. The molecule has 474 valence electrons. The lowest BCUT2D eigenvalue weighted by molar-refractivity contribution is -0.870. The van der Waals surface area contributed by atoms with Crippen molar-refractivity contribution in [3.05, 3.63) is 97.2 Å². The molecule has 0 amide bonds. The molecule has 0 aromatic heterocycles. The van der Waals surface area contributed by atoms with E-state index in [0.29, 0.717) is 17.4 Å². The average molecular weight is 1170 g/mol. The van der Waals surface area contributed by atoms with Gasteiger partial charge < -0.3 is 18.9 Å². The van der Waals surface area contributed by atoms with Gasteiger partial charge in [0.2, 0.25) is 0 Å². The summed E-state index contributed by atoms with van der Waals surface area (Å²) in [5.41, 5.74) is 0. The first-order chi connectivity index (χ1) is 40.0. The quantitative estimate of drug-likeness (QED) is 0.0211. The largest absolute Gasteiger partial charge is 0.472 e. The number of carbonyl (C=O) groups excluding carboxylic acids is 2. The highest BCUT2D eigenvalue weighted by molar-refractivity contribution is 7.47. The molecule has 10 heteroatoms. The molecule has 0 bridgehead atoms. The summed E-state index contributed by atoms with van der Waals surface area (Å²) in [6.45, 7) is 4.34. The predicted octanol–water partition coefficient (Wildman–Crippen LogP) is 21.9. The molecule has 0 fully saturated rings. The zero-order valence-corrected chi connectivity index (χ0v) is 54.8. The number of nitrogens with zero attached hydrogens (tertiary/aromatic N) is 1. The van der Waals surface area contributed by atoms with Crippen LogP contribution in [0.1, 0.15) is 296 Å². The van der Waals surface area contributed by atoms with E-state index < -0.39 is 26.5 Å². The fraction of sp³-hybridized carbons (Fsp3) is 0.750. The van der Waals surface area contributed by atoms with Gasteiger partial charge in [-0.05, 0) is 77.0 Å². The van der Waals surface area contributed by atoms with Gasteiger partial charge in [0.25, 0.3) is 0 Å². The number of rotatable bonds is 62. The van der Waals surface area contributed by atoms with Gasteiger partial charge in [-0.1, -0.05) is 304 Å². The maximum Gasteiger partial charge on any atom is 0.472 e. The molecule has 0 spiro atoms. The second-order valence-corrected chi connectivity index (χ2v) is 25.3. The summed E-state index contributed by atoms with van der Waals surface area (Å²) >= 11 is 0. The van der Waals surface area contributed by atoms with Gasteiger partial charge in [0.15, 0.2) is 6.10 Å². The molecule has 82 heavy (non-hydrogen) atoms. The molecule has 0 rings (SSSR count). The molecular formula is C72H129NO8P+. The molecule has 9 nitrogen and oxygen atoms in total. The smallest absolute Gasteiger partial charge is 0.462 e. The van der Waals surface area contributed by atoms with Crippen molar-refractivity contribution in [2.24, 2.45) is 0 Å². The van der Waals surface area contributed by atoms with Crippen LogP contribution < -0.4 is 0 Å².